The van der Waals surface area contributed by atoms with Crippen LogP contribution in [0.15, 0.2) is 17.1 Å². The number of hydrogen-bond acceptors (Lipinski definition) is 3. The molecule has 0 saturated heterocycles. The van der Waals surface area contributed by atoms with Crippen molar-refractivity contribution in [1.29, 1.82) is 5.26 Å². The van der Waals surface area contributed by atoms with Crippen LogP contribution in [-0.4, -0.2) is 14.7 Å². The average molecular weight is 217 g/mol. The highest BCUT2D eigenvalue weighted by Crippen LogP contribution is 2.27. The lowest BCUT2D eigenvalue weighted by molar-refractivity contribution is 0.460. The number of aromatic nitrogens is 2. The summed E-state index contributed by atoms with van der Waals surface area (Å²) >= 11 is 0. The van der Waals surface area contributed by atoms with Gasteiger partial charge in [0.05, 0.1) is 11.1 Å². The highest BCUT2D eigenvalue weighted by Gasteiger charge is 2.19. The van der Waals surface area contributed by atoms with Gasteiger partial charge >= 0.3 is 0 Å². The number of aromatic amines is 1. The lowest BCUT2D eigenvalue weighted by atomic mass is 10.0. The smallest absolute Gasteiger partial charge is 0.276 e. The third-order valence-electron chi connectivity index (χ3n) is 2.56. The summed E-state index contributed by atoms with van der Waals surface area (Å²) in [5.74, 6) is -0.345. The van der Waals surface area contributed by atoms with E-state index in [4.69, 9.17) is 5.26 Å². The molecular formula is C11H11N3O2. The van der Waals surface area contributed by atoms with Gasteiger partial charge in [-0.2, -0.15) is 5.26 Å². The lowest BCUT2D eigenvalue weighted by Gasteiger charge is -2.09. The second-order valence-electron chi connectivity index (χ2n) is 3.89. The Morgan fingerprint density at radius 2 is 2.25 bits per heavy atom. The number of nitrogens with one attached hydrogen (secondary N) is 1. The van der Waals surface area contributed by atoms with Gasteiger partial charge in [-0.1, -0.05) is 13.8 Å². The summed E-state index contributed by atoms with van der Waals surface area (Å²) in [6.45, 7) is 3.60. The Morgan fingerprint density at radius 1 is 1.56 bits per heavy atom. The third kappa shape index (κ3) is 1.20. The molecule has 5 heteroatoms. The van der Waals surface area contributed by atoms with Gasteiger partial charge in [-0.3, -0.25) is 9.89 Å². The fourth-order valence-electron chi connectivity index (χ4n) is 1.81. The quantitative estimate of drug-likeness (QED) is 0.756. The summed E-state index contributed by atoms with van der Waals surface area (Å²) in [6, 6.07) is 3.50. The van der Waals surface area contributed by atoms with Crippen molar-refractivity contribution in [2.45, 2.75) is 19.8 Å². The van der Waals surface area contributed by atoms with E-state index in [-0.39, 0.29) is 28.4 Å². The summed E-state index contributed by atoms with van der Waals surface area (Å²) in [7, 11) is 0. The highest BCUT2D eigenvalue weighted by atomic mass is 16.3. The van der Waals surface area contributed by atoms with Crippen LogP contribution in [0.25, 0.3) is 5.52 Å². The Balaban J connectivity index is 3.04. The Morgan fingerprint density at radius 3 is 2.81 bits per heavy atom. The molecule has 2 N–H and O–H groups in total. The van der Waals surface area contributed by atoms with Gasteiger partial charge in [0.25, 0.3) is 5.56 Å². The van der Waals surface area contributed by atoms with Gasteiger partial charge in [-0.25, -0.2) is 4.52 Å². The van der Waals surface area contributed by atoms with Crippen molar-refractivity contribution in [3.8, 4) is 11.8 Å². The lowest BCUT2D eigenvalue weighted by Crippen LogP contribution is -2.20. The van der Waals surface area contributed by atoms with Crippen molar-refractivity contribution >= 4 is 5.52 Å². The number of hydrogen-bond donors (Lipinski definition) is 2. The minimum Gasteiger partial charge on any atom is -0.506 e. The zero-order chi connectivity index (χ0) is 11.9. The van der Waals surface area contributed by atoms with Crippen molar-refractivity contribution < 1.29 is 5.11 Å². The van der Waals surface area contributed by atoms with Gasteiger partial charge in [-0.15, -0.1) is 0 Å². The molecule has 0 unspecified atom stereocenters. The first-order valence-corrected chi connectivity index (χ1v) is 4.93. The minimum atomic E-state index is -0.313. The largest absolute Gasteiger partial charge is 0.506 e. The normalized spacial score (nSPS) is 10.9. The molecule has 16 heavy (non-hydrogen) atoms. The van der Waals surface area contributed by atoms with E-state index in [0.717, 1.165) is 0 Å². The topological polar surface area (TPSA) is 81.3 Å². The molecule has 82 valence electrons. The molecule has 0 amide bonds. The van der Waals surface area contributed by atoms with Crippen LogP contribution in [0.5, 0.6) is 5.75 Å². The highest BCUT2D eigenvalue weighted by molar-refractivity contribution is 5.67. The monoisotopic (exact) mass is 217 g/mol. The fourth-order valence-corrected chi connectivity index (χ4v) is 1.81. The summed E-state index contributed by atoms with van der Waals surface area (Å²) in [4.78, 5) is 12.0. The van der Waals surface area contributed by atoms with E-state index >= 15 is 0 Å². The molecule has 2 aromatic heterocycles. The summed E-state index contributed by atoms with van der Waals surface area (Å²) < 4.78 is 1.27. The van der Waals surface area contributed by atoms with Crippen molar-refractivity contribution in [1.82, 2.24) is 9.61 Å². The Bertz CT molecular complexity index is 644. The third-order valence-corrected chi connectivity index (χ3v) is 2.56. The molecule has 0 radical (unpaired) electrons. The van der Waals surface area contributed by atoms with Crippen LogP contribution >= 0.6 is 0 Å². The first kappa shape index (κ1) is 10.3. The number of nitriles is 1. The molecule has 0 aliphatic carbocycles. The number of aromatic hydroxyl groups is 1. The zero-order valence-corrected chi connectivity index (χ0v) is 8.98. The van der Waals surface area contributed by atoms with E-state index in [2.05, 4.69) is 5.10 Å². The number of pyridine rings is 1. The van der Waals surface area contributed by atoms with Crippen LogP contribution in [0.1, 0.15) is 30.9 Å². The Kier molecular flexibility index (Phi) is 2.20. The van der Waals surface area contributed by atoms with E-state index in [1.165, 1.54) is 4.52 Å². The summed E-state index contributed by atoms with van der Waals surface area (Å²) in [5.41, 5.74) is 0.474. The molecule has 2 heterocycles. The molecule has 0 aromatic carbocycles. The van der Waals surface area contributed by atoms with E-state index in [1.54, 1.807) is 26.1 Å². The van der Waals surface area contributed by atoms with E-state index < -0.39 is 0 Å². The van der Waals surface area contributed by atoms with Gasteiger partial charge in [0, 0.05) is 6.20 Å². The Labute approximate surface area is 91.5 Å². The van der Waals surface area contributed by atoms with E-state index in [9.17, 15) is 9.90 Å². The molecule has 2 aromatic rings. The molecule has 0 aliphatic heterocycles. The molecular weight excluding hydrogens is 206 g/mol. The van der Waals surface area contributed by atoms with Crippen molar-refractivity contribution in [3.05, 3.63) is 33.7 Å². The number of rotatable bonds is 1. The number of fused-ring (bicyclic) bond motifs is 1. The maximum Gasteiger partial charge on any atom is 0.276 e. The minimum absolute atomic E-state index is 0.129. The SMILES string of the molecule is CC(C)c1c(O)c(C#N)c2cc[nH]n2c1=O. The van der Waals surface area contributed by atoms with Crippen molar-refractivity contribution in [2.75, 3.05) is 0 Å². The van der Waals surface area contributed by atoms with Crippen LogP contribution in [-0.2, 0) is 0 Å². The number of nitrogens with zero attached hydrogens (tertiary/aromatic N) is 2. The maximum atomic E-state index is 12.0. The van der Waals surface area contributed by atoms with Gasteiger partial charge in [-0.05, 0) is 12.0 Å². The van der Waals surface area contributed by atoms with Crippen LogP contribution in [0.2, 0.25) is 0 Å². The second-order valence-corrected chi connectivity index (χ2v) is 3.89. The molecule has 5 nitrogen and oxygen atoms in total. The van der Waals surface area contributed by atoms with Gasteiger partial charge in [0.15, 0.2) is 0 Å². The summed E-state index contributed by atoms with van der Waals surface area (Å²) in [6.07, 6.45) is 1.56. The maximum absolute atomic E-state index is 12.0. The summed E-state index contributed by atoms with van der Waals surface area (Å²) in [5, 5.41) is 21.6. The predicted molar refractivity (Wildman–Crippen MR) is 58.5 cm³/mol. The van der Waals surface area contributed by atoms with Crippen LogP contribution < -0.4 is 5.56 Å². The van der Waals surface area contributed by atoms with Crippen LogP contribution in [0.4, 0.5) is 0 Å². The van der Waals surface area contributed by atoms with Crippen molar-refractivity contribution in [3.63, 3.8) is 0 Å². The molecule has 0 aliphatic rings. The molecule has 0 bridgehead atoms. The van der Waals surface area contributed by atoms with E-state index in [1.807, 2.05) is 6.07 Å². The first-order valence-electron chi connectivity index (χ1n) is 4.93. The molecule has 0 fully saturated rings. The van der Waals surface area contributed by atoms with Gasteiger partial charge in [0.1, 0.15) is 17.4 Å². The molecule has 0 atom stereocenters. The zero-order valence-electron chi connectivity index (χ0n) is 8.98. The standard InChI is InChI=1S/C11H11N3O2/c1-6(2)9-10(15)7(5-12)8-3-4-13-14(8)11(9)16/h3-4,6,13,15H,1-2H3. The average Bonchev–Trinajstić information content (AvgIpc) is 2.66. The van der Waals surface area contributed by atoms with Crippen molar-refractivity contribution in [2.24, 2.45) is 0 Å². The Hall–Kier alpha value is -2.22. The first-order chi connectivity index (χ1) is 7.57. The number of H-pyrrole nitrogens is 1. The van der Waals surface area contributed by atoms with Crippen LogP contribution in [0, 0.1) is 11.3 Å². The van der Waals surface area contributed by atoms with Gasteiger partial charge in [0.2, 0.25) is 0 Å². The molecule has 0 spiro atoms. The van der Waals surface area contributed by atoms with E-state index in [0.29, 0.717) is 5.52 Å². The van der Waals surface area contributed by atoms with Crippen LogP contribution in [0.3, 0.4) is 0 Å². The fraction of sp³-hybridized carbons (Fsp3) is 0.273. The molecule has 2 rings (SSSR count). The predicted octanol–water partition coefficient (Wildman–Crippen LogP) is 1.33. The molecule has 0 saturated carbocycles. The second kappa shape index (κ2) is 3.42. The van der Waals surface area contributed by atoms with Gasteiger partial charge < -0.3 is 5.11 Å².